The largest absolute Gasteiger partial charge is 0.461 e. The van der Waals surface area contributed by atoms with Crippen LogP contribution in [0.15, 0.2) is 60.7 Å². The number of likely N-dealkylation sites (N-methyl/N-ethyl adjacent to an activating group) is 1. The van der Waals surface area contributed by atoms with Crippen LogP contribution < -0.4 is 5.32 Å². The molecular weight excluding hydrogens is 314 g/mol. The van der Waals surface area contributed by atoms with Crippen LogP contribution in [0.1, 0.15) is 24.5 Å². The third-order valence-electron chi connectivity index (χ3n) is 4.25. The minimum absolute atomic E-state index is 0.0140. The van der Waals surface area contributed by atoms with E-state index in [9.17, 15) is 9.59 Å². The molecule has 25 heavy (non-hydrogen) atoms. The fourth-order valence-corrected chi connectivity index (χ4v) is 2.56. The molecule has 0 aliphatic rings. The summed E-state index contributed by atoms with van der Waals surface area (Å²) in [5.74, 6) is -0.793. The van der Waals surface area contributed by atoms with Crippen molar-refractivity contribution in [1.82, 2.24) is 5.32 Å². The SMILES string of the molecule is CN[C@H](C)C(=O)C[C@H](Cc1ccccc1)C(=O)OCc1ccccc1. The predicted octanol–water partition coefficient (Wildman–Crippen LogP) is 3.16. The molecule has 0 spiro atoms. The second-order valence-electron chi connectivity index (χ2n) is 6.16. The number of carbonyl (C=O) groups excluding carboxylic acids is 2. The van der Waals surface area contributed by atoms with E-state index in [2.05, 4.69) is 5.32 Å². The van der Waals surface area contributed by atoms with Crippen molar-refractivity contribution in [2.75, 3.05) is 7.05 Å². The minimum Gasteiger partial charge on any atom is -0.461 e. The molecule has 2 aromatic carbocycles. The van der Waals surface area contributed by atoms with Crippen molar-refractivity contribution >= 4 is 11.8 Å². The van der Waals surface area contributed by atoms with E-state index in [-0.39, 0.29) is 30.8 Å². The van der Waals surface area contributed by atoms with Crippen LogP contribution in [0.25, 0.3) is 0 Å². The molecule has 0 aliphatic heterocycles. The summed E-state index contributed by atoms with van der Waals surface area (Å²) in [5.41, 5.74) is 1.96. The number of benzene rings is 2. The van der Waals surface area contributed by atoms with E-state index >= 15 is 0 Å². The van der Waals surface area contributed by atoms with Gasteiger partial charge in [-0.15, -0.1) is 0 Å². The highest BCUT2D eigenvalue weighted by Crippen LogP contribution is 2.17. The first-order valence-electron chi connectivity index (χ1n) is 8.54. The lowest BCUT2D eigenvalue weighted by molar-refractivity contribution is -0.151. The van der Waals surface area contributed by atoms with Crippen molar-refractivity contribution in [1.29, 1.82) is 0 Å². The summed E-state index contributed by atoms with van der Waals surface area (Å²) in [4.78, 5) is 24.9. The number of Topliss-reactive ketones (excluding diaryl/α,β-unsaturated/α-hetero) is 1. The Labute approximate surface area is 149 Å². The van der Waals surface area contributed by atoms with Crippen molar-refractivity contribution in [2.24, 2.45) is 5.92 Å². The Morgan fingerprint density at radius 2 is 1.52 bits per heavy atom. The number of rotatable bonds is 9. The van der Waals surface area contributed by atoms with Gasteiger partial charge in [0.25, 0.3) is 0 Å². The highest BCUT2D eigenvalue weighted by molar-refractivity contribution is 5.88. The molecule has 2 rings (SSSR count). The fourth-order valence-electron chi connectivity index (χ4n) is 2.56. The van der Waals surface area contributed by atoms with Gasteiger partial charge in [0.1, 0.15) is 12.4 Å². The number of esters is 1. The minimum atomic E-state index is -0.477. The average molecular weight is 339 g/mol. The van der Waals surface area contributed by atoms with Crippen LogP contribution in [0.2, 0.25) is 0 Å². The molecule has 4 heteroatoms. The molecule has 0 saturated heterocycles. The van der Waals surface area contributed by atoms with Gasteiger partial charge in [-0.3, -0.25) is 9.59 Å². The summed E-state index contributed by atoms with van der Waals surface area (Å²) in [6.07, 6.45) is 0.668. The van der Waals surface area contributed by atoms with Crippen molar-refractivity contribution in [3.05, 3.63) is 71.8 Å². The number of ether oxygens (including phenoxy) is 1. The summed E-state index contributed by atoms with van der Waals surface area (Å²) < 4.78 is 5.47. The quantitative estimate of drug-likeness (QED) is 0.713. The lowest BCUT2D eigenvalue weighted by Crippen LogP contribution is -2.34. The number of ketones is 1. The molecule has 0 fully saturated rings. The van der Waals surface area contributed by atoms with Crippen molar-refractivity contribution in [3.63, 3.8) is 0 Å². The van der Waals surface area contributed by atoms with E-state index in [1.165, 1.54) is 0 Å². The molecule has 0 aromatic heterocycles. The van der Waals surface area contributed by atoms with Crippen LogP contribution in [0.3, 0.4) is 0 Å². The van der Waals surface area contributed by atoms with Gasteiger partial charge in [0.15, 0.2) is 0 Å². The summed E-state index contributed by atoms with van der Waals surface area (Å²) in [6.45, 7) is 2.03. The second kappa shape index (κ2) is 9.74. The van der Waals surface area contributed by atoms with Gasteiger partial charge < -0.3 is 10.1 Å². The zero-order valence-electron chi connectivity index (χ0n) is 14.8. The van der Waals surface area contributed by atoms with Gasteiger partial charge in [-0.05, 0) is 31.5 Å². The van der Waals surface area contributed by atoms with Gasteiger partial charge in [-0.25, -0.2) is 0 Å². The third kappa shape index (κ3) is 6.16. The highest BCUT2D eigenvalue weighted by atomic mass is 16.5. The summed E-state index contributed by atoms with van der Waals surface area (Å²) in [6, 6.07) is 19.0. The van der Waals surface area contributed by atoms with Crippen LogP contribution in [-0.4, -0.2) is 24.8 Å². The topological polar surface area (TPSA) is 55.4 Å². The number of hydrogen-bond donors (Lipinski definition) is 1. The maximum atomic E-state index is 12.6. The smallest absolute Gasteiger partial charge is 0.310 e. The van der Waals surface area contributed by atoms with Gasteiger partial charge in [-0.2, -0.15) is 0 Å². The zero-order valence-corrected chi connectivity index (χ0v) is 14.8. The third-order valence-corrected chi connectivity index (χ3v) is 4.25. The first-order valence-corrected chi connectivity index (χ1v) is 8.54. The van der Waals surface area contributed by atoms with Gasteiger partial charge in [0.2, 0.25) is 0 Å². The molecule has 2 aromatic rings. The normalized spacial score (nSPS) is 13.0. The maximum Gasteiger partial charge on any atom is 0.310 e. The zero-order chi connectivity index (χ0) is 18.1. The average Bonchev–Trinajstić information content (AvgIpc) is 2.66. The van der Waals surface area contributed by atoms with E-state index in [0.29, 0.717) is 6.42 Å². The molecule has 0 radical (unpaired) electrons. The molecule has 0 bridgehead atoms. The molecular formula is C21H25NO3. The Balaban J connectivity index is 2.03. The first kappa shape index (κ1) is 18.9. The van der Waals surface area contributed by atoms with E-state index < -0.39 is 5.92 Å². The molecule has 2 atom stereocenters. The van der Waals surface area contributed by atoms with E-state index in [0.717, 1.165) is 11.1 Å². The van der Waals surface area contributed by atoms with Gasteiger partial charge in [-0.1, -0.05) is 60.7 Å². The molecule has 0 amide bonds. The van der Waals surface area contributed by atoms with Crippen LogP contribution in [0.4, 0.5) is 0 Å². The molecule has 0 heterocycles. The molecule has 4 nitrogen and oxygen atoms in total. The Kier molecular flexibility index (Phi) is 7.36. The Morgan fingerprint density at radius 3 is 2.08 bits per heavy atom. The van der Waals surface area contributed by atoms with E-state index in [1.807, 2.05) is 60.7 Å². The number of carbonyl (C=O) groups is 2. The van der Waals surface area contributed by atoms with Crippen molar-refractivity contribution in [3.8, 4) is 0 Å². The van der Waals surface area contributed by atoms with Crippen LogP contribution in [0, 0.1) is 5.92 Å². The van der Waals surface area contributed by atoms with Crippen LogP contribution in [0.5, 0.6) is 0 Å². The van der Waals surface area contributed by atoms with Gasteiger partial charge in [0, 0.05) is 6.42 Å². The fraction of sp³-hybridized carbons (Fsp3) is 0.333. The van der Waals surface area contributed by atoms with E-state index in [4.69, 9.17) is 4.74 Å². The molecule has 0 unspecified atom stereocenters. The van der Waals surface area contributed by atoms with E-state index in [1.54, 1.807) is 14.0 Å². The van der Waals surface area contributed by atoms with Crippen LogP contribution >= 0.6 is 0 Å². The summed E-state index contributed by atoms with van der Waals surface area (Å²) >= 11 is 0. The molecule has 0 aliphatic carbocycles. The summed E-state index contributed by atoms with van der Waals surface area (Å²) in [7, 11) is 1.74. The highest BCUT2D eigenvalue weighted by Gasteiger charge is 2.25. The number of nitrogens with one attached hydrogen (secondary N) is 1. The molecule has 0 saturated carbocycles. The lowest BCUT2D eigenvalue weighted by atomic mass is 9.92. The molecule has 132 valence electrons. The predicted molar refractivity (Wildman–Crippen MR) is 98.0 cm³/mol. The first-order chi connectivity index (χ1) is 12.1. The Morgan fingerprint density at radius 1 is 0.960 bits per heavy atom. The second-order valence-corrected chi connectivity index (χ2v) is 6.16. The van der Waals surface area contributed by atoms with Crippen molar-refractivity contribution < 1.29 is 14.3 Å². The van der Waals surface area contributed by atoms with Gasteiger partial charge >= 0.3 is 5.97 Å². The standard InChI is InChI=1S/C21H25NO3/c1-16(22-2)20(23)14-19(13-17-9-5-3-6-10-17)21(24)25-15-18-11-7-4-8-12-18/h3-12,16,19,22H,13-15H2,1-2H3/t16-,19+/m1/s1. The maximum absolute atomic E-state index is 12.6. The molecule has 1 N–H and O–H groups in total. The Hall–Kier alpha value is -2.46. The number of hydrogen-bond acceptors (Lipinski definition) is 4. The monoisotopic (exact) mass is 339 g/mol. The van der Waals surface area contributed by atoms with Gasteiger partial charge in [0.05, 0.1) is 12.0 Å². The summed E-state index contributed by atoms with van der Waals surface area (Å²) in [5, 5.41) is 2.93. The van der Waals surface area contributed by atoms with Crippen LogP contribution in [-0.2, 0) is 27.4 Å². The lowest BCUT2D eigenvalue weighted by Gasteiger charge is -2.18. The Bertz CT molecular complexity index is 670. The van der Waals surface area contributed by atoms with Crippen molar-refractivity contribution in [2.45, 2.75) is 32.4 Å².